The Morgan fingerprint density at radius 2 is 1.68 bits per heavy atom. The van der Waals surface area contributed by atoms with Crippen LogP contribution < -0.4 is 10.6 Å². The van der Waals surface area contributed by atoms with Gasteiger partial charge in [0.05, 0.1) is 5.56 Å². The number of hydrogen-bond donors (Lipinski definition) is 2. The molecule has 0 saturated carbocycles. The van der Waals surface area contributed by atoms with E-state index in [1.54, 1.807) is 30.3 Å². The Kier molecular flexibility index (Phi) is 5.25. The van der Waals surface area contributed by atoms with Crippen molar-refractivity contribution in [2.75, 3.05) is 10.6 Å². The molecule has 4 nitrogen and oxygen atoms in total. The Morgan fingerprint density at radius 1 is 1.00 bits per heavy atom. The van der Waals surface area contributed by atoms with Crippen LogP contribution in [0, 0.1) is 5.82 Å². The summed E-state index contributed by atoms with van der Waals surface area (Å²) in [4.78, 5) is 23.6. The quantitative estimate of drug-likeness (QED) is 0.882. The van der Waals surface area contributed by atoms with Gasteiger partial charge in [-0.05, 0) is 36.8 Å². The number of benzene rings is 2. The van der Waals surface area contributed by atoms with Crippen LogP contribution in [0.1, 0.15) is 30.1 Å². The molecule has 0 aromatic heterocycles. The number of carbonyl (C=O) groups is 2. The van der Waals surface area contributed by atoms with Crippen LogP contribution in [0.15, 0.2) is 48.5 Å². The van der Waals surface area contributed by atoms with Crippen LogP contribution in [0.4, 0.5) is 15.8 Å². The lowest BCUT2D eigenvalue weighted by molar-refractivity contribution is -0.116. The highest BCUT2D eigenvalue weighted by atomic mass is 19.1. The van der Waals surface area contributed by atoms with Gasteiger partial charge in [0, 0.05) is 17.8 Å². The minimum atomic E-state index is -0.576. The highest BCUT2D eigenvalue weighted by Crippen LogP contribution is 2.17. The minimum Gasteiger partial charge on any atom is -0.326 e. The second-order valence-electron chi connectivity index (χ2n) is 4.81. The third-order valence-corrected chi connectivity index (χ3v) is 3.00. The molecule has 22 heavy (non-hydrogen) atoms. The molecule has 2 aromatic rings. The van der Waals surface area contributed by atoms with Crippen LogP contribution in [0.3, 0.4) is 0 Å². The van der Waals surface area contributed by atoms with Crippen molar-refractivity contribution in [1.82, 2.24) is 0 Å². The Bertz CT molecular complexity index is 686. The molecule has 0 aliphatic heterocycles. The van der Waals surface area contributed by atoms with E-state index in [1.807, 2.05) is 6.92 Å². The molecule has 2 rings (SSSR count). The van der Waals surface area contributed by atoms with Crippen molar-refractivity contribution in [2.24, 2.45) is 0 Å². The zero-order valence-electron chi connectivity index (χ0n) is 12.2. The van der Waals surface area contributed by atoms with E-state index in [0.29, 0.717) is 17.8 Å². The summed E-state index contributed by atoms with van der Waals surface area (Å²) in [5.41, 5.74) is 1.05. The molecule has 114 valence electrons. The lowest BCUT2D eigenvalue weighted by Gasteiger charge is -2.09. The molecule has 0 radical (unpaired) electrons. The highest BCUT2D eigenvalue weighted by molar-refractivity contribution is 6.04. The highest BCUT2D eigenvalue weighted by Gasteiger charge is 2.11. The summed E-state index contributed by atoms with van der Waals surface area (Å²) in [7, 11) is 0. The van der Waals surface area contributed by atoms with Gasteiger partial charge in [-0.25, -0.2) is 4.39 Å². The standard InChI is InChI=1S/C17H17FN2O2/c1-2-6-16(21)19-12-7-5-8-13(11-12)20-17(22)14-9-3-4-10-15(14)18/h3-5,7-11H,2,6H2,1H3,(H,19,21)(H,20,22). The van der Waals surface area contributed by atoms with E-state index in [2.05, 4.69) is 10.6 Å². The Balaban J connectivity index is 2.09. The van der Waals surface area contributed by atoms with Crippen molar-refractivity contribution in [3.63, 3.8) is 0 Å². The van der Waals surface area contributed by atoms with Crippen molar-refractivity contribution < 1.29 is 14.0 Å². The Morgan fingerprint density at radius 3 is 2.36 bits per heavy atom. The second-order valence-corrected chi connectivity index (χ2v) is 4.81. The van der Waals surface area contributed by atoms with E-state index >= 15 is 0 Å². The zero-order chi connectivity index (χ0) is 15.9. The lowest BCUT2D eigenvalue weighted by atomic mass is 10.2. The minimum absolute atomic E-state index is 0.0251. The molecule has 0 spiro atoms. The normalized spacial score (nSPS) is 10.1. The molecule has 0 fully saturated rings. The third-order valence-electron chi connectivity index (χ3n) is 3.00. The van der Waals surface area contributed by atoms with Crippen molar-refractivity contribution in [3.05, 3.63) is 59.9 Å². The summed E-state index contributed by atoms with van der Waals surface area (Å²) >= 11 is 0. The predicted octanol–water partition coefficient (Wildman–Crippen LogP) is 3.82. The Labute approximate surface area is 128 Å². The maximum Gasteiger partial charge on any atom is 0.258 e. The first-order valence-electron chi connectivity index (χ1n) is 7.06. The first-order valence-corrected chi connectivity index (χ1v) is 7.06. The third kappa shape index (κ3) is 4.15. The lowest BCUT2D eigenvalue weighted by Crippen LogP contribution is -2.14. The first-order chi connectivity index (χ1) is 10.6. The molecule has 0 bridgehead atoms. The molecule has 5 heteroatoms. The molecule has 0 atom stereocenters. The summed E-state index contributed by atoms with van der Waals surface area (Å²) in [6.45, 7) is 1.92. The zero-order valence-corrected chi connectivity index (χ0v) is 12.2. The number of halogens is 1. The van der Waals surface area contributed by atoms with Crippen LogP contribution in [-0.4, -0.2) is 11.8 Å². The second kappa shape index (κ2) is 7.36. The number of hydrogen-bond acceptors (Lipinski definition) is 2. The van der Waals surface area contributed by atoms with Crippen LogP contribution >= 0.6 is 0 Å². The number of anilines is 2. The van der Waals surface area contributed by atoms with Crippen molar-refractivity contribution in [1.29, 1.82) is 0 Å². The molecule has 2 aromatic carbocycles. The van der Waals surface area contributed by atoms with Gasteiger partial charge in [-0.1, -0.05) is 25.1 Å². The monoisotopic (exact) mass is 300 g/mol. The summed E-state index contributed by atoms with van der Waals surface area (Å²) in [5.74, 6) is -1.19. The van der Waals surface area contributed by atoms with Crippen LogP contribution in [0.25, 0.3) is 0 Å². The fourth-order valence-corrected chi connectivity index (χ4v) is 1.97. The SMILES string of the molecule is CCCC(=O)Nc1cccc(NC(=O)c2ccccc2F)c1. The van der Waals surface area contributed by atoms with E-state index in [-0.39, 0.29) is 11.5 Å². The van der Waals surface area contributed by atoms with E-state index < -0.39 is 11.7 Å². The van der Waals surface area contributed by atoms with Gasteiger partial charge in [-0.3, -0.25) is 9.59 Å². The van der Waals surface area contributed by atoms with E-state index in [0.717, 1.165) is 6.42 Å². The van der Waals surface area contributed by atoms with E-state index in [1.165, 1.54) is 18.2 Å². The van der Waals surface area contributed by atoms with E-state index in [9.17, 15) is 14.0 Å². The maximum atomic E-state index is 13.6. The molecular formula is C17H17FN2O2. The van der Waals surface area contributed by atoms with Crippen molar-refractivity contribution >= 4 is 23.2 Å². The van der Waals surface area contributed by atoms with Gasteiger partial charge < -0.3 is 10.6 Å². The van der Waals surface area contributed by atoms with Gasteiger partial charge in [0.1, 0.15) is 5.82 Å². The molecule has 0 heterocycles. The van der Waals surface area contributed by atoms with Gasteiger partial charge in [0.15, 0.2) is 0 Å². The van der Waals surface area contributed by atoms with Crippen LogP contribution in [0.5, 0.6) is 0 Å². The van der Waals surface area contributed by atoms with Crippen molar-refractivity contribution in [2.45, 2.75) is 19.8 Å². The topological polar surface area (TPSA) is 58.2 Å². The maximum absolute atomic E-state index is 13.6. The number of nitrogens with one attached hydrogen (secondary N) is 2. The molecule has 0 unspecified atom stereocenters. The summed E-state index contributed by atoms with van der Waals surface area (Å²) in [6.07, 6.45) is 1.20. The fraction of sp³-hybridized carbons (Fsp3) is 0.176. The van der Waals surface area contributed by atoms with Gasteiger partial charge >= 0.3 is 0 Å². The van der Waals surface area contributed by atoms with Gasteiger partial charge in [-0.2, -0.15) is 0 Å². The average Bonchev–Trinajstić information content (AvgIpc) is 2.48. The van der Waals surface area contributed by atoms with Gasteiger partial charge in [-0.15, -0.1) is 0 Å². The smallest absolute Gasteiger partial charge is 0.258 e. The van der Waals surface area contributed by atoms with Crippen LogP contribution in [-0.2, 0) is 4.79 Å². The Hall–Kier alpha value is -2.69. The largest absolute Gasteiger partial charge is 0.326 e. The fourth-order valence-electron chi connectivity index (χ4n) is 1.97. The predicted molar refractivity (Wildman–Crippen MR) is 84.3 cm³/mol. The average molecular weight is 300 g/mol. The molecule has 0 aliphatic rings. The summed E-state index contributed by atoms with van der Waals surface area (Å²) in [6, 6.07) is 12.5. The van der Waals surface area contributed by atoms with Crippen molar-refractivity contribution in [3.8, 4) is 0 Å². The van der Waals surface area contributed by atoms with Gasteiger partial charge in [0.2, 0.25) is 5.91 Å². The number of rotatable bonds is 5. The molecule has 0 aliphatic carbocycles. The summed E-state index contributed by atoms with van der Waals surface area (Å²) < 4.78 is 13.6. The molecular weight excluding hydrogens is 283 g/mol. The first kappa shape index (κ1) is 15.7. The molecule has 0 saturated heterocycles. The molecule has 2 N–H and O–H groups in total. The summed E-state index contributed by atoms with van der Waals surface area (Å²) in [5, 5.41) is 5.36. The number of amides is 2. The van der Waals surface area contributed by atoms with Crippen LogP contribution in [0.2, 0.25) is 0 Å². The molecule has 2 amide bonds. The van der Waals surface area contributed by atoms with Gasteiger partial charge in [0.25, 0.3) is 5.91 Å². The number of carbonyl (C=O) groups excluding carboxylic acids is 2. The van der Waals surface area contributed by atoms with E-state index in [4.69, 9.17) is 0 Å².